The van der Waals surface area contributed by atoms with Gasteiger partial charge in [-0.3, -0.25) is 4.79 Å². The van der Waals surface area contributed by atoms with E-state index < -0.39 is 0 Å². The smallest absolute Gasteiger partial charge is 0.273 e. The van der Waals surface area contributed by atoms with Gasteiger partial charge in [0.2, 0.25) is 5.89 Å². The molecule has 3 N–H and O–H groups in total. The highest BCUT2D eigenvalue weighted by atomic mass is 19.1. The van der Waals surface area contributed by atoms with E-state index in [0.29, 0.717) is 12.4 Å². The zero-order chi connectivity index (χ0) is 15.9. The number of nitrogens with zero attached hydrogens (tertiary/aromatic N) is 1. The lowest BCUT2D eigenvalue weighted by Gasteiger charge is -2.05. The van der Waals surface area contributed by atoms with Gasteiger partial charge in [0, 0.05) is 6.54 Å². The van der Waals surface area contributed by atoms with Gasteiger partial charge in [0.05, 0.1) is 6.04 Å². The van der Waals surface area contributed by atoms with Gasteiger partial charge in [0.25, 0.3) is 5.91 Å². The molecule has 1 atom stereocenters. The van der Waals surface area contributed by atoms with Crippen molar-refractivity contribution in [1.82, 2.24) is 10.3 Å². The van der Waals surface area contributed by atoms with E-state index in [4.69, 9.17) is 10.2 Å². The number of oxazole rings is 1. The quantitative estimate of drug-likeness (QED) is 0.824. The Morgan fingerprint density at radius 1 is 1.41 bits per heavy atom. The molecular formula is C16H20FN3O2. The average Bonchev–Trinajstić information content (AvgIpc) is 3.02. The molecule has 0 spiro atoms. The van der Waals surface area contributed by atoms with Crippen molar-refractivity contribution in [3.8, 4) is 0 Å². The van der Waals surface area contributed by atoms with Crippen LogP contribution in [0.2, 0.25) is 0 Å². The number of carbonyl (C=O) groups is 1. The molecule has 1 unspecified atom stereocenters. The highest BCUT2D eigenvalue weighted by molar-refractivity contribution is 5.91. The number of rotatable bonds is 7. The summed E-state index contributed by atoms with van der Waals surface area (Å²) in [5, 5.41) is 2.71. The number of nitrogens with one attached hydrogen (secondary N) is 1. The summed E-state index contributed by atoms with van der Waals surface area (Å²) in [7, 11) is 0. The number of amides is 1. The fraction of sp³-hybridized carbons (Fsp3) is 0.375. The molecule has 118 valence electrons. The van der Waals surface area contributed by atoms with Crippen LogP contribution < -0.4 is 11.1 Å². The molecule has 1 aromatic carbocycles. The van der Waals surface area contributed by atoms with Crippen LogP contribution in [0.1, 0.15) is 54.2 Å². The molecule has 2 rings (SSSR count). The summed E-state index contributed by atoms with van der Waals surface area (Å²) in [4.78, 5) is 16.1. The molecule has 1 amide bonds. The number of aromatic nitrogens is 1. The number of hydrogen-bond acceptors (Lipinski definition) is 4. The molecule has 0 aliphatic heterocycles. The maximum atomic E-state index is 12.8. The lowest BCUT2D eigenvalue weighted by Crippen LogP contribution is -2.23. The Labute approximate surface area is 128 Å². The fourth-order valence-corrected chi connectivity index (χ4v) is 1.98. The number of benzene rings is 1. The van der Waals surface area contributed by atoms with Crippen LogP contribution in [0.25, 0.3) is 0 Å². The molecule has 0 fully saturated rings. The summed E-state index contributed by atoms with van der Waals surface area (Å²) in [6.45, 7) is 2.37. The third kappa shape index (κ3) is 4.39. The minimum atomic E-state index is -0.345. The van der Waals surface area contributed by atoms with Crippen molar-refractivity contribution in [3.63, 3.8) is 0 Å². The van der Waals surface area contributed by atoms with Crippen LogP contribution in [0, 0.1) is 5.82 Å². The van der Waals surface area contributed by atoms with Crippen molar-refractivity contribution in [3.05, 3.63) is 53.5 Å². The summed E-state index contributed by atoms with van der Waals surface area (Å²) in [6.07, 6.45) is 4.10. The molecular weight excluding hydrogens is 285 g/mol. The molecule has 5 nitrogen and oxygen atoms in total. The molecule has 0 aliphatic carbocycles. The summed E-state index contributed by atoms with van der Waals surface area (Å²) >= 11 is 0. The first-order valence-electron chi connectivity index (χ1n) is 7.33. The van der Waals surface area contributed by atoms with Crippen LogP contribution in [0.3, 0.4) is 0 Å². The molecule has 0 saturated carbocycles. The number of nitrogens with two attached hydrogens (primary N) is 1. The maximum Gasteiger partial charge on any atom is 0.273 e. The normalized spacial score (nSPS) is 12.1. The third-order valence-corrected chi connectivity index (χ3v) is 3.31. The van der Waals surface area contributed by atoms with Crippen LogP contribution in [0.15, 0.2) is 34.9 Å². The predicted octanol–water partition coefficient (Wildman–Crippen LogP) is 2.93. The van der Waals surface area contributed by atoms with Crippen LogP contribution in [-0.2, 0) is 6.54 Å². The van der Waals surface area contributed by atoms with Crippen molar-refractivity contribution >= 4 is 5.91 Å². The Morgan fingerprint density at radius 2 is 2.14 bits per heavy atom. The molecule has 1 aromatic heterocycles. The van der Waals surface area contributed by atoms with Crippen molar-refractivity contribution in [2.75, 3.05) is 0 Å². The molecule has 0 bridgehead atoms. The zero-order valence-electron chi connectivity index (χ0n) is 12.5. The highest BCUT2D eigenvalue weighted by Crippen LogP contribution is 2.16. The summed E-state index contributed by atoms with van der Waals surface area (Å²) in [5.74, 6) is -0.278. The third-order valence-electron chi connectivity index (χ3n) is 3.31. The summed E-state index contributed by atoms with van der Waals surface area (Å²) in [5.41, 5.74) is 6.95. The molecule has 0 saturated heterocycles. The predicted molar refractivity (Wildman–Crippen MR) is 80.5 cm³/mol. The number of hydrogen-bond donors (Lipinski definition) is 2. The van der Waals surface area contributed by atoms with Gasteiger partial charge < -0.3 is 15.5 Å². The van der Waals surface area contributed by atoms with Crippen molar-refractivity contribution in [1.29, 1.82) is 0 Å². The van der Waals surface area contributed by atoms with Gasteiger partial charge in [-0.15, -0.1) is 0 Å². The largest absolute Gasteiger partial charge is 0.446 e. The van der Waals surface area contributed by atoms with Gasteiger partial charge in [-0.05, 0) is 24.1 Å². The van der Waals surface area contributed by atoms with E-state index in [-0.39, 0.29) is 23.5 Å². The molecule has 6 heteroatoms. The Bertz CT molecular complexity index is 610. The number of unbranched alkanes of at least 4 members (excludes halogenated alkanes) is 1. The van der Waals surface area contributed by atoms with Crippen LogP contribution in [0.4, 0.5) is 4.39 Å². The molecule has 1 heterocycles. The Balaban J connectivity index is 1.90. The molecule has 0 radical (unpaired) electrons. The monoisotopic (exact) mass is 305 g/mol. The second kappa shape index (κ2) is 7.70. The topological polar surface area (TPSA) is 81.1 Å². The van der Waals surface area contributed by atoms with E-state index in [1.54, 1.807) is 12.1 Å². The van der Waals surface area contributed by atoms with E-state index >= 15 is 0 Å². The van der Waals surface area contributed by atoms with Gasteiger partial charge in [-0.25, -0.2) is 9.37 Å². The Morgan fingerprint density at radius 3 is 2.82 bits per heavy atom. The van der Waals surface area contributed by atoms with Crippen LogP contribution >= 0.6 is 0 Å². The van der Waals surface area contributed by atoms with Crippen LogP contribution in [0.5, 0.6) is 0 Å². The van der Waals surface area contributed by atoms with Gasteiger partial charge in [-0.1, -0.05) is 31.9 Å². The Hall–Kier alpha value is -2.21. The summed E-state index contributed by atoms with van der Waals surface area (Å²) in [6, 6.07) is 5.64. The Kier molecular flexibility index (Phi) is 5.66. The SMILES string of the molecule is CCCCC(N)c1nc(C(=O)NCc2ccc(F)cc2)co1. The lowest BCUT2D eigenvalue weighted by molar-refractivity contribution is 0.0946. The van der Waals surface area contributed by atoms with Crippen LogP contribution in [-0.4, -0.2) is 10.9 Å². The average molecular weight is 305 g/mol. The van der Waals surface area contributed by atoms with Gasteiger partial charge in [-0.2, -0.15) is 0 Å². The second-order valence-electron chi connectivity index (χ2n) is 5.13. The van der Waals surface area contributed by atoms with Gasteiger partial charge in [0.15, 0.2) is 5.69 Å². The highest BCUT2D eigenvalue weighted by Gasteiger charge is 2.16. The molecule has 22 heavy (non-hydrogen) atoms. The van der Waals surface area contributed by atoms with E-state index in [0.717, 1.165) is 24.8 Å². The minimum Gasteiger partial charge on any atom is -0.446 e. The fourth-order valence-electron chi connectivity index (χ4n) is 1.98. The van der Waals surface area contributed by atoms with E-state index in [2.05, 4.69) is 17.2 Å². The minimum absolute atomic E-state index is 0.198. The zero-order valence-corrected chi connectivity index (χ0v) is 12.5. The van der Waals surface area contributed by atoms with Gasteiger partial charge in [0.1, 0.15) is 12.1 Å². The van der Waals surface area contributed by atoms with Crippen molar-refractivity contribution in [2.24, 2.45) is 5.73 Å². The number of halogens is 1. The maximum absolute atomic E-state index is 12.8. The van der Waals surface area contributed by atoms with Crippen molar-refractivity contribution < 1.29 is 13.6 Å². The van der Waals surface area contributed by atoms with Crippen molar-refractivity contribution in [2.45, 2.75) is 38.8 Å². The van der Waals surface area contributed by atoms with Gasteiger partial charge >= 0.3 is 0 Å². The second-order valence-corrected chi connectivity index (χ2v) is 5.13. The first-order chi connectivity index (χ1) is 10.6. The van der Waals surface area contributed by atoms with E-state index in [1.165, 1.54) is 18.4 Å². The lowest BCUT2D eigenvalue weighted by atomic mass is 10.1. The van der Waals surface area contributed by atoms with E-state index in [9.17, 15) is 9.18 Å². The molecule has 0 aliphatic rings. The first kappa shape index (κ1) is 16.2. The number of carbonyl (C=O) groups excluding carboxylic acids is 1. The first-order valence-corrected chi connectivity index (χ1v) is 7.33. The standard InChI is InChI=1S/C16H20FN3O2/c1-2-3-4-13(18)16-20-14(10-22-16)15(21)19-9-11-5-7-12(17)8-6-11/h5-8,10,13H,2-4,9,18H2,1H3,(H,19,21). The van der Waals surface area contributed by atoms with E-state index in [1.807, 2.05) is 0 Å². The molecule has 2 aromatic rings. The summed E-state index contributed by atoms with van der Waals surface area (Å²) < 4.78 is 18.1.